The van der Waals surface area contributed by atoms with Gasteiger partial charge in [-0.05, 0) is 34.2 Å². The van der Waals surface area contributed by atoms with E-state index in [9.17, 15) is 18.0 Å². The summed E-state index contributed by atoms with van der Waals surface area (Å²) >= 11 is 0. The molecule has 4 rings (SSSR count). The number of nitrogens with zero attached hydrogens (tertiary/aromatic N) is 4. The minimum absolute atomic E-state index is 0.112. The highest BCUT2D eigenvalue weighted by atomic mass is 19.1. The van der Waals surface area contributed by atoms with Crippen LogP contribution in [0.25, 0.3) is 22.5 Å². The molecule has 0 aliphatic carbocycles. The summed E-state index contributed by atoms with van der Waals surface area (Å²) in [7, 11) is 1.71. The minimum Gasteiger partial charge on any atom is -0.320 e. The number of aromatic nitrogens is 4. The molecule has 0 fully saturated rings. The number of likely N-dealkylation sites (N-methyl/N-ethyl adjacent to an activating group) is 1. The molecule has 2 N–H and O–H groups in total. The Balaban J connectivity index is 1.40. The van der Waals surface area contributed by atoms with Crippen LogP contribution in [0.3, 0.4) is 0 Å². The summed E-state index contributed by atoms with van der Waals surface area (Å²) in [6.07, 6.45) is 0. The molecule has 4 aromatic rings. The lowest BCUT2D eigenvalue weighted by Crippen LogP contribution is -2.30. The molecule has 0 aliphatic rings. The summed E-state index contributed by atoms with van der Waals surface area (Å²) in [5, 5.41) is 16.1. The molecule has 0 saturated heterocycles. The summed E-state index contributed by atoms with van der Waals surface area (Å²) < 4.78 is 40.5. The van der Waals surface area contributed by atoms with Crippen LogP contribution in [0.2, 0.25) is 0 Å². The molecule has 3 aromatic carbocycles. The van der Waals surface area contributed by atoms with Crippen molar-refractivity contribution in [1.82, 2.24) is 25.5 Å². The van der Waals surface area contributed by atoms with E-state index in [4.69, 9.17) is 0 Å². The van der Waals surface area contributed by atoms with Crippen LogP contribution in [0.1, 0.15) is 5.56 Å². The van der Waals surface area contributed by atoms with Crippen molar-refractivity contribution in [1.29, 1.82) is 0 Å². The van der Waals surface area contributed by atoms with Gasteiger partial charge < -0.3 is 5.32 Å². The zero-order valence-electron chi connectivity index (χ0n) is 17.5. The molecule has 10 heteroatoms. The standard InChI is InChI=1S/C23H19F3N6O/c1-32(13-21(33)27-22-19(25)10-16(24)11-20(22)26)12-14-6-8-15(9-7-14)17-4-2-3-5-18(17)23-28-30-31-29-23/h2-11H,12-13H2,1H3,(H,27,33)(H,28,29,30,31). The van der Waals surface area contributed by atoms with Gasteiger partial charge in [-0.15, -0.1) is 5.10 Å². The maximum absolute atomic E-state index is 13.7. The number of halogens is 3. The van der Waals surface area contributed by atoms with E-state index in [-0.39, 0.29) is 6.54 Å². The predicted octanol–water partition coefficient (Wildman–Crippen LogP) is 4.02. The number of hydrogen-bond donors (Lipinski definition) is 2. The van der Waals surface area contributed by atoms with E-state index in [1.807, 2.05) is 48.5 Å². The quantitative estimate of drug-likeness (QED) is 0.442. The topological polar surface area (TPSA) is 86.8 Å². The Labute approximate surface area is 187 Å². The maximum atomic E-state index is 13.7. The smallest absolute Gasteiger partial charge is 0.238 e. The first kappa shape index (κ1) is 22.2. The van der Waals surface area contributed by atoms with Crippen LogP contribution in [-0.4, -0.2) is 45.0 Å². The molecule has 0 radical (unpaired) electrons. The summed E-state index contributed by atoms with van der Waals surface area (Å²) in [5.41, 5.74) is 3.06. The van der Waals surface area contributed by atoms with Crippen LogP contribution in [0.4, 0.5) is 18.9 Å². The van der Waals surface area contributed by atoms with Crippen molar-refractivity contribution in [2.75, 3.05) is 18.9 Å². The molecule has 0 atom stereocenters. The van der Waals surface area contributed by atoms with Gasteiger partial charge in [-0.2, -0.15) is 0 Å². The number of carbonyl (C=O) groups is 1. The van der Waals surface area contributed by atoms with E-state index in [1.54, 1.807) is 11.9 Å². The number of rotatable bonds is 7. The second-order valence-corrected chi connectivity index (χ2v) is 7.46. The normalized spacial score (nSPS) is 11.1. The van der Waals surface area contributed by atoms with E-state index in [0.717, 1.165) is 22.3 Å². The summed E-state index contributed by atoms with van der Waals surface area (Å²) in [4.78, 5) is 13.9. The van der Waals surface area contributed by atoms with E-state index in [0.29, 0.717) is 24.5 Å². The summed E-state index contributed by atoms with van der Waals surface area (Å²) in [6.45, 7) is 0.315. The zero-order chi connectivity index (χ0) is 23.4. The second kappa shape index (κ2) is 9.61. The number of aromatic amines is 1. The third kappa shape index (κ3) is 5.24. The van der Waals surface area contributed by atoms with Gasteiger partial charge in [0.2, 0.25) is 5.91 Å². The minimum atomic E-state index is -1.17. The first-order chi connectivity index (χ1) is 15.9. The highest BCUT2D eigenvalue weighted by molar-refractivity contribution is 5.92. The molecular formula is C23H19F3N6O. The van der Waals surface area contributed by atoms with Crippen LogP contribution >= 0.6 is 0 Å². The van der Waals surface area contributed by atoms with Gasteiger partial charge in [0.05, 0.1) is 6.54 Å². The van der Waals surface area contributed by atoms with Crippen molar-refractivity contribution >= 4 is 11.6 Å². The van der Waals surface area contributed by atoms with E-state index in [1.165, 1.54) is 0 Å². The Kier molecular flexibility index (Phi) is 6.45. The number of H-pyrrole nitrogens is 1. The zero-order valence-corrected chi connectivity index (χ0v) is 17.5. The Hall–Kier alpha value is -4.05. The number of benzene rings is 3. The third-order valence-electron chi connectivity index (χ3n) is 4.93. The van der Waals surface area contributed by atoms with Crippen molar-refractivity contribution in [2.45, 2.75) is 6.54 Å². The fourth-order valence-electron chi connectivity index (χ4n) is 3.46. The fraction of sp³-hybridized carbons (Fsp3) is 0.130. The molecule has 1 amide bonds. The Morgan fingerprint density at radius 3 is 2.30 bits per heavy atom. The summed E-state index contributed by atoms with van der Waals surface area (Å²) in [6, 6.07) is 16.5. The van der Waals surface area contributed by atoms with Gasteiger partial charge in [-0.1, -0.05) is 48.5 Å². The van der Waals surface area contributed by atoms with Crippen molar-refractivity contribution in [3.8, 4) is 22.5 Å². The molecule has 0 aliphatic heterocycles. The Morgan fingerprint density at radius 2 is 1.67 bits per heavy atom. The van der Waals surface area contributed by atoms with Gasteiger partial charge in [0, 0.05) is 24.2 Å². The highest BCUT2D eigenvalue weighted by Crippen LogP contribution is 2.29. The number of hydrogen-bond acceptors (Lipinski definition) is 5. The molecule has 168 valence electrons. The molecule has 0 unspecified atom stereocenters. The van der Waals surface area contributed by atoms with Crippen molar-refractivity contribution in [3.05, 3.63) is 83.7 Å². The largest absolute Gasteiger partial charge is 0.320 e. The Morgan fingerprint density at radius 1 is 1.00 bits per heavy atom. The average Bonchev–Trinajstić information content (AvgIpc) is 3.31. The lowest BCUT2D eigenvalue weighted by Gasteiger charge is -2.17. The van der Waals surface area contributed by atoms with Crippen molar-refractivity contribution < 1.29 is 18.0 Å². The number of amides is 1. The third-order valence-corrected chi connectivity index (χ3v) is 4.93. The molecule has 33 heavy (non-hydrogen) atoms. The first-order valence-electron chi connectivity index (χ1n) is 9.96. The lowest BCUT2D eigenvalue weighted by molar-refractivity contribution is -0.117. The van der Waals surface area contributed by atoms with Crippen LogP contribution in [0.15, 0.2) is 60.7 Å². The maximum Gasteiger partial charge on any atom is 0.238 e. The molecule has 1 aromatic heterocycles. The fourth-order valence-corrected chi connectivity index (χ4v) is 3.46. The molecule has 1 heterocycles. The van der Waals surface area contributed by atoms with Crippen molar-refractivity contribution in [2.24, 2.45) is 0 Å². The van der Waals surface area contributed by atoms with Gasteiger partial charge in [0.1, 0.15) is 11.5 Å². The van der Waals surface area contributed by atoms with Gasteiger partial charge in [0.25, 0.3) is 0 Å². The van der Waals surface area contributed by atoms with Crippen molar-refractivity contribution in [3.63, 3.8) is 0 Å². The number of nitrogens with one attached hydrogen (secondary N) is 2. The van der Waals surface area contributed by atoms with Gasteiger partial charge in [-0.3, -0.25) is 9.69 Å². The van der Waals surface area contributed by atoms with Gasteiger partial charge in [-0.25, -0.2) is 18.3 Å². The first-order valence-corrected chi connectivity index (χ1v) is 9.96. The second-order valence-electron chi connectivity index (χ2n) is 7.46. The van der Waals surface area contributed by atoms with Crippen LogP contribution < -0.4 is 5.32 Å². The van der Waals surface area contributed by atoms with E-state index in [2.05, 4.69) is 25.9 Å². The van der Waals surface area contributed by atoms with Crippen LogP contribution in [-0.2, 0) is 11.3 Å². The number of tetrazole rings is 1. The van der Waals surface area contributed by atoms with Gasteiger partial charge >= 0.3 is 0 Å². The van der Waals surface area contributed by atoms with E-state index >= 15 is 0 Å². The number of anilines is 1. The van der Waals surface area contributed by atoms with E-state index < -0.39 is 29.0 Å². The monoisotopic (exact) mass is 452 g/mol. The van der Waals surface area contributed by atoms with Crippen LogP contribution in [0, 0.1) is 17.5 Å². The average molecular weight is 452 g/mol. The van der Waals surface area contributed by atoms with Gasteiger partial charge in [0.15, 0.2) is 17.5 Å². The predicted molar refractivity (Wildman–Crippen MR) is 116 cm³/mol. The number of carbonyl (C=O) groups excluding carboxylic acids is 1. The molecule has 0 saturated carbocycles. The van der Waals surface area contributed by atoms with Crippen LogP contribution in [0.5, 0.6) is 0 Å². The molecule has 0 spiro atoms. The molecular weight excluding hydrogens is 433 g/mol. The molecule has 0 bridgehead atoms. The highest BCUT2D eigenvalue weighted by Gasteiger charge is 2.16. The summed E-state index contributed by atoms with van der Waals surface area (Å²) in [5.74, 6) is -3.44. The molecule has 7 nitrogen and oxygen atoms in total. The Bertz CT molecular complexity index is 1240. The lowest BCUT2D eigenvalue weighted by atomic mass is 9.98. The SMILES string of the molecule is CN(CC(=O)Nc1c(F)cc(F)cc1F)Cc1ccc(-c2ccccc2-c2nnn[nH]2)cc1.